The van der Waals surface area contributed by atoms with Gasteiger partial charge < -0.3 is 4.74 Å². The van der Waals surface area contributed by atoms with E-state index in [9.17, 15) is 0 Å². The number of hydrogen-bond donors (Lipinski definition) is 0. The summed E-state index contributed by atoms with van der Waals surface area (Å²) in [6.45, 7) is 2.68. The van der Waals surface area contributed by atoms with Crippen LogP contribution in [-0.4, -0.2) is 0 Å². The summed E-state index contributed by atoms with van der Waals surface area (Å²) in [7, 11) is 0. The highest BCUT2D eigenvalue weighted by atomic mass is 79.9. The van der Waals surface area contributed by atoms with E-state index in [1.54, 1.807) is 0 Å². The molecule has 2 heteroatoms. The van der Waals surface area contributed by atoms with Crippen molar-refractivity contribution in [1.29, 1.82) is 0 Å². The summed E-state index contributed by atoms with van der Waals surface area (Å²) in [6.07, 6.45) is 0. The van der Waals surface area contributed by atoms with Crippen molar-refractivity contribution in [2.45, 2.75) is 13.5 Å². The molecule has 0 aromatic heterocycles. The Morgan fingerprint density at radius 1 is 0.727 bits per heavy atom. The van der Waals surface area contributed by atoms with Crippen LogP contribution in [0.1, 0.15) is 11.1 Å². The summed E-state index contributed by atoms with van der Waals surface area (Å²) >= 11 is 3.44. The van der Waals surface area contributed by atoms with E-state index in [0.29, 0.717) is 6.61 Å². The number of rotatable bonds is 4. The van der Waals surface area contributed by atoms with Gasteiger partial charge in [0.05, 0.1) is 0 Å². The molecule has 0 amide bonds. The Hall–Kier alpha value is -2.06. The molecular formula is C20H17BrO. The third-order valence-corrected chi connectivity index (χ3v) is 4.09. The second-order valence-corrected chi connectivity index (χ2v) is 6.22. The van der Waals surface area contributed by atoms with Crippen molar-refractivity contribution in [3.8, 4) is 16.9 Å². The number of aryl methyl sites for hydroxylation is 1. The summed E-state index contributed by atoms with van der Waals surface area (Å²) < 4.78 is 6.91. The quantitative estimate of drug-likeness (QED) is 0.559. The molecule has 0 unspecified atom stereocenters. The zero-order chi connectivity index (χ0) is 15.4. The highest BCUT2D eigenvalue weighted by molar-refractivity contribution is 9.10. The Morgan fingerprint density at radius 3 is 1.86 bits per heavy atom. The van der Waals surface area contributed by atoms with Crippen LogP contribution >= 0.6 is 15.9 Å². The molecule has 3 rings (SSSR count). The lowest BCUT2D eigenvalue weighted by atomic mass is 10.0. The van der Waals surface area contributed by atoms with Gasteiger partial charge in [-0.1, -0.05) is 70.0 Å². The molecule has 0 bridgehead atoms. The molecule has 0 saturated heterocycles. The smallest absolute Gasteiger partial charge is 0.119 e. The van der Waals surface area contributed by atoms with E-state index < -0.39 is 0 Å². The summed E-state index contributed by atoms with van der Waals surface area (Å²) in [5, 5.41) is 0. The molecule has 3 aromatic rings. The third kappa shape index (κ3) is 3.77. The molecule has 0 aliphatic heterocycles. The predicted octanol–water partition coefficient (Wildman–Crippen LogP) is 6.00. The highest BCUT2D eigenvalue weighted by Crippen LogP contribution is 2.23. The number of ether oxygens (including phenoxy) is 1. The van der Waals surface area contributed by atoms with E-state index in [1.807, 2.05) is 24.3 Å². The van der Waals surface area contributed by atoms with E-state index in [-0.39, 0.29) is 0 Å². The normalized spacial score (nSPS) is 10.5. The average molecular weight is 353 g/mol. The minimum absolute atomic E-state index is 0.581. The van der Waals surface area contributed by atoms with Crippen LogP contribution in [0.15, 0.2) is 77.3 Å². The van der Waals surface area contributed by atoms with Crippen LogP contribution in [0.5, 0.6) is 5.75 Å². The van der Waals surface area contributed by atoms with Gasteiger partial charge in [-0.3, -0.25) is 0 Å². The van der Waals surface area contributed by atoms with Crippen LogP contribution in [0.4, 0.5) is 0 Å². The molecule has 1 nitrogen and oxygen atoms in total. The van der Waals surface area contributed by atoms with Gasteiger partial charge in [0.25, 0.3) is 0 Å². The molecular weight excluding hydrogens is 336 g/mol. The van der Waals surface area contributed by atoms with Crippen molar-refractivity contribution < 1.29 is 4.74 Å². The fourth-order valence-electron chi connectivity index (χ4n) is 2.24. The lowest BCUT2D eigenvalue weighted by molar-refractivity contribution is 0.306. The van der Waals surface area contributed by atoms with Gasteiger partial charge in [-0.15, -0.1) is 0 Å². The van der Waals surface area contributed by atoms with Crippen LogP contribution in [-0.2, 0) is 6.61 Å². The fourth-order valence-corrected chi connectivity index (χ4v) is 2.50. The summed E-state index contributed by atoms with van der Waals surface area (Å²) in [5.41, 5.74) is 4.87. The monoisotopic (exact) mass is 352 g/mol. The zero-order valence-corrected chi connectivity index (χ0v) is 14.0. The van der Waals surface area contributed by atoms with E-state index >= 15 is 0 Å². The Bertz CT molecular complexity index is 728. The minimum Gasteiger partial charge on any atom is -0.489 e. The maximum Gasteiger partial charge on any atom is 0.119 e. The molecule has 0 atom stereocenters. The van der Waals surface area contributed by atoms with Crippen LogP contribution in [0.2, 0.25) is 0 Å². The summed E-state index contributed by atoms with van der Waals surface area (Å²) in [6, 6.07) is 25.0. The first-order valence-electron chi connectivity index (χ1n) is 7.25. The first kappa shape index (κ1) is 14.9. The van der Waals surface area contributed by atoms with E-state index in [1.165, 1.54) is 16.7 Å². The van der Waals surface area contributed by atoms with Gasteiger partial charge in [-0.25, -0.2) is 0 Å². The van der Waals surface area contributed by atoms with E-state index in [2.05, 4.69) is 71.4 Å². The molecule has 0 spiro atoms. The molecule has 0 aliphatic carbocycles. The molecule has 110 valence electrons. The van der Waals surface area contributed by atoms with Crippen molar-refractivity contribution in [2.75, 3.05) is 0 Å². The van der Waals surface area contributed by atoms with Crippen molar-refractivity contribution in [3.05, 3.63) is 88.4 Å². The molecule has 0 N–H and O–H groups in total. The van der Waals surface area contributed by atoms with Crippen LogP contribution < -0.4 is 4.74 Å². The first-order chi connectivity index (χ1) is 10.7. The van der Waals surface area contributed by atoms with E-state index in [4.69, 9.17) is 4.74 Å². The number of benzene rings is 3. The van der Waals surface area contributed by atoms with Crippen molar-refractivity contribution >= 4 is 15.9 Å². The topological polar surface area (TPSA) is 9.23 Å². The van der Waals surface area contributed by atoms with Gasteiger partial charge >= 0.3 is 0 Å². The Kier molecular flexibility index (Phi) is 4.59. The van der Waals surface area contributed by atoms with Gasteiger partial charge in [-0.2, -0.15) is 0 Å². The lowest BCUT2D eigenvalue weighted by Gasteiger charge is -2.08. The van der Waals surface area contributed by atoms with Gasteiger partial charge in [0, 0.05) is 4.47 Å². The minimum atomic E-state index is 0.581. The van der Waals surface area contributed by atoms with Crippen molar-refractivity contribution in [3.63, 3.8) is 0 Å². The molecule has 3 aromatic carbocycles. The maximum absolute atomic E-state index is 5.83. The largest absolute Gasteiger partial charge is 0.489 e. The summed E-state index contributed by atoms with van der Waals surface area (Å²) in [5.74, 6) is 0.888. The number of hydrogen-bond acceptors (Lipinski definition) is 1. The third-order valence-electron chi connectivity index (χ3n) is 3.56. The molecule has 0 fully saturated rings. The molecule has 0 saturated carbocycles. The zero-order valence-electron chi connectivity index (χ0n) is 12.4. The molecule has 0 heterocycles. The first-order valence-corrected chi connectivity index (χ1v) is 8.04. The Balaban J connectivity index is 1.66. The lowest BCUT2D eigenvalue weighted by Crippen LogP contribution is -1.94. The SMILES string of the molecule is Cc1ccc(-c2ccc(OCc3ccc(Br)cc3)cc2)cc1. The Labute approximate surface area is 139 Å². The van der Waals surface area contributed by atoms with E-state index in [0.717, 1.165) is 15.8 Å². The molecule has 0 aliphatic rings. The molecule has 22 heavy (non-hydrogen) atoms. The summed E-state index contributed by atoms with van der Waals surface area (Å²) in [4.78, 5) is 0. The predicted molar refractivity (Wildman–Crippen MR) is 95.1 cm³/mol. The van der Waals surface area contributed by atoms with Gasteiger partial charge in [0.15, 0.2) is 0 Å². The van der Waals surface area contributed by atoms with Crippen molar-refractivity contribution in [2.24, 2.45) is 0 Å². The van der Waals surface area contributed by atoms with Crippen LogP contribution in [0.3, 0.4) is 0 Å². The maximum atomic E-state index is 5.83. The average Bonchev–Trinajstić information content (AvgIpc) is 2.56. The second kappa shape index (κ2) is 6.80. The van der Waals surface area contributed by atoms with Gasteiger partial charge in [-0.05, 0) is 47.9 Å². The number of halogens is 1. The van der Waals surface area contributed by atoms with Gasteiger partial charge in [0.1, 0.15) is 12.4 Å². The molecule has 0 radical (unpaired) electrons. The standard InChI is InChI=1S/C20H17BrO/c1-15-2-6-17(7-3-15)18-8-12-20(13-9-18)22-14-16-4-10-19(21)11-5-16/h2-13H,14H2,1H3. The fraction of sp³-hybridized carbons (Fsp3) is 0.100. The van der Waals surface area contributed by atoms with Crippen molar-refractivity contribution in [1.82, 2.24) is 0 Å². The van der Waals surface area contributed by atoms with Gasteiger partial charge in [0.2, 0.25) is 0 Å². The highest BCUT2D eigenvalue weighted by Gasteiger charge is 2.00. The van der Waals surface area contributed by atoms with Crippen LogP contribution in [0, 0.1) is 6.92 Å². The Morgan fingerprint density at radius 2 is 1.27 bits per heavy atom. The second-order valence-electron chi connectivity index (χ2n) is 5.31. The van der Waals surface area contributed by atoms with Crippen LogP contribution in [0.25, 0.3) is 11.1 Å².